The van der Waals surface area contributed by atoms with Crippen molar-refractivity contribution in [2.45, 2.75) is 13.5 Å². The van der Waals surface area contributed by atoms with E-state index >= 15 is 0 Å². The van der Waals surface area contributed by atoms with Crippen molar-refractivity contribution in [2.24, 2.45) is 0 Å². The van der Waals surface area contributed by atoms with Gasteiger partial charge in [-0.1, -0.05) is 0 Å². The standard InChI is InChI=1S/C9H14N2O/c1-7-4-8(6-10-2)5-9(11-7)12-3/h4-5,10H,6H2,1-3H3. The zero-order valence-corrected chi connectivity index (χ0v) is 7.72. The highest BCUT2D eigenvalue weighted by Crippen LogP contribution is 2.11. The van der Waals surface area contributed by atoms with E-state index in [0.29, 0.717) is 5.88 Å². The van der Waals surface area contributed by atoms with Gasteiger partial charge in [0.15, 0.2) is 0 Å². The summed E-state index contributed by atoms with van der Waals surface area (Å²) in [6, 6.07) is 3.97. The molecule has 1 rings (SSSR count). The average molecular weight is 166 g/mol. The minimum atomic E-state index is 0.681. The van der Waals surface area contributed by atoms with Crippen LogP contribution in [0.3, 0.4) is 0 Å². The first kappa shape index (κ1) is 9.00. The molecule has 0 aromatic carbocycles. The molecular formula is C9H14N2O. The van der Waals surface area contributed by atoms with Crippen molar-refractivity contribution in [3.63, 3.8) is 0 Å². The zero-order valence-electron chi connectivity index (χ0n) is 7.72. The smallest absolute Gasteiger partial charge is 0.213 e. The van der Waals surface area contributed by atoms with E-state index in [1.165, 1.54) is 5.56 Å². The molecule has 0 atom stereocenters. The Balaban J connectivity index is 2.90. The molecule has 1 aromatic heterocycles. The third kappa shape index (κ3) is 2.20. The molecule has 0 aliphatic carbocycles. The van der Waals surface area contributed by atoms with Crippen LogP contribution in [0.5, 0.6) is 5.88 Å². The molecule has 0 aliphatic rings. The SMILES string of the molecule is CNCc1cc(C)nc(OC)c1. The number of nitrogens with one attached hydrogen (secondary N) is 1. The Morgan fingerprint density at radius 3 is 2.83 bits per heavy atom. The summed E-state index contributed by atoms with van der Waals surface area (Å²) in [5.74, 6) is 0.681. The van der Waals surface area contributed by atoms with Gasteiger partial charge in [-0.2, -0.15) is 0 Å². The van der Waals surface area contributed by atoms with E-state index in [2.05, 4.69) is 10.3 Å². The predicted molar refractivity (Wildman–Crippen MR) is 48.3 cm³/mol. The van der Waals surface area contributed by atoms with Crippen LogP contribution in [0, 0.1) is 6.92 Å². The van der Waals surface area contributed by atoms with Crippen LogP contribution in [-0.4, -0.2) is 19.1 Å². The second-order valence-corrected chi connectivity index (χ2v) is 2.69. The van der Waals surface area contributed by atoms with E-state index in [0.717, 1.165) is 12.2 Å². The number of nitrogens with zero attached hydrogens (tertiary/aromatic N) is 1. The van der Waals surface area contributed by atoms with Gasteiger partial charge in [0.2, 0.25) is 5.88 Å². The highest BCUT2D eigenvalue weighted by molar-refractivity contribution is 5.24. The molecule has 1 heterocycles. The fourth-order valence-corrected chi connectivity index (χ4v) is 1.12. The molecule has 66 valence electrons. The van der Waals surface area contributed by atoms with Crippen molar-refractivity contribution in [2.75, 3.05) is 14.2 Å². The molecule has 0 radical (unpaired) electrons. The van der Waals surface area contributed by atoms with Gasteiger partial charge in [0.25, 0.3) is 0 Å². The summed E-state index contributed by atoms with van der Waals surface area (Å²) in [7, 11) is 3.55. The molecule has 0 saturated heterocycles. The first-order valence-corrected chi connectivity index (χ1v) is 3.92. The lowest BCUT2D eigenvalue weighted by molar-refractivity contribution is 0.396. The highest BCUT2D eigenvalue weighted by atomic mass is 16.5. The van der Waals surface area contributed by atoms with E-state index in [4.69, 9.17) is 4.74 Å². The molecular weight excluding hydrogens is 152 g/mol. The number of methoxy groups -OCH3 is 1. The first-order valence-electron chi connectivity index (χ1n) is 3.92. The Labute approximate surface area is 72.8 Å². The van der Waals surface area contributed by atoms with Gasteiger partial charge in [-0.15, -0.1) is 0 Å². The lowest BCUT2D eigenvalue weighted by Gasteiger charge is -2.04. The summed E-state index contributed by atoms with van der Waals surface area (Å²) in [4.78, 5) is 4.18. The monoisotopic (exact) mass is 166 g/mol. The molecule has 0 saturated carbocycles. The topological polar surface area (TPSA) is 34.2 Å². The molecule has 0 bridgehead atoms. The van der Waals surface area contributed by atoms with Crippen molar-refractivity contribution < 1.29 is 4.74 Å². The number of hydrogen-bond acceptors (Lipinski definition) is 3. The first-order chi connectivity index (χ1) is 5.76. The van der Waals surface area contributed by atoms with Crippen LogP contribution in [0.15, 0.2) is 12.1 Å². The van der Waals surface area contributed by atoms with E-state index in [-0.39, 0.29) is 0 Å². The van der Waals surface area contributed by atoms with E-state index < -0.39 is 0 Å². The molecule has 12 heavy (non-hydrogen) atoms. The Morgan fingerprint density at radius 2 is 2.25 bits per heavy atom. The van der Waals surface area contributed by atoms with Crippen molar-refractivity contribution in [1.29, 1.82) is 0 Å². The maximum Gasteiger partial charge on any atom is 0.213 e. The quantitative estimate of drug-likeness (QED) is 0.730. The third-order valence-electron chi connectivity index (χ3n) is 1.58. The summed E-state index contributed by atoms with van der Waals surface area (Å²) in [5, 5.41) is 3.08. The Kier molecular flexibility index (Phi) is 3.05. The maximum atomic E-state index is 5.04. The van der Waals surface area contributed by atoms with Crippen LogP contribution in [0.2, 0.25) is 0 Å². The Morgan fingerprint density at radius 1 is 1.50 bits per heavy atom. The van der Waals surface area contributed by atoms with Crippen LogP contribution in [0.25, 0.3) is 0 Å². The summed E-state index contributed by atoms with van der Waals surface area (Å²) < 4.78 is 5.04. The molecule has 0 fully saturated rings. The number of pyridine rings is 1. The van der Waals surface area contributed by atoms with Gasteiger partial charge in [-0.25, -0.2) is 4.98 Å². The molecule has 3 nitrogen and oxygen atoms in total. The number of rotatable bonds is 3. The molecule has 0 unspecified atom stereocenters. The van der Waals surface area contributed by atoms with Gasteiger partial charge in [0.1, 0.15) is 0 Å². The summed E-state index contributed by atoms with van der Waals surface area (Å²) in [6.07, 6.45) is 0. The van der Waals surface area contributed by atoms with Gasteiger partial charge in [-0.05, 0) is 25.6 Å². The molecule has 1 aromatic rings. The van der Waals surface area contributed by atoms with Crippen molar-refractivity contribution in [3.8, 4) is 5.88 Å². The summed E-state index contributed by atoms with van der Waals surface area (Å²) in [6.45, 7) is 2.81. The highest BCUT2D eigenvalue weighted by Gasteiger charge is 1.98. The summed E-state index contributed by atoms with van der Waals surface area (Å²) in [5.41, 5.74) is 2.18. The Bertz CT molecular complexity index is 261. The average Bonchev–Trinajstić information content (AvgIpc) is 2.04. The number of aryl methyl sites for hydroxylation is 1. The van der Waals surface area contributed by atoms with Gasteiger partial charge in [0, 0.05) is 18.3 Å². The van der Waals surface area contributed by atoms with Crippen LogP contribution in [0.1, 0.15) is 11.3 Å². The predicted octanol–water partition coefficient (Wildman–Crippen LogP) is 1.12. The minimum absolute atomic E-state index is 0.681. The number of ether oxygens (including phenoxy) is 1. The second-order valence-electron chi connectivity index (χ2n) is 2.69. The van der Waals surface area contributed by atoms with Crippen molar-refractivity contribution >= 4 is 0 Å². The van der Waals surface area contributed by atoms with Gasteiger partial charge < -0.3 is 10.1 Å². The van der Waals surface area contributed by atoms with Gasteiger partial charge >= 0.3 is 0 Å². The largest absolute Gasteiger partial charge is 0.481 e. The van der Waals surface area contributed by atoms with Crippen LogP contribution in [-0.2, 0) is 6.54 Å². The van der Waals surface area contributed by atoms with Gasteiger partial charge in [-0.3, -0.25) is 0 Å². The van der Waals surface area contributed by atoms with E-state index in [1.54, 1.807) is 7.11 Å². The lowest BCUT2D eigenvalue weighted by Crippen LogP contribution is -2.06. The molecule has 1 N–H and O–H groups in total. The second kappa shape index (κ2) is 4.07. The summed E-state index contributed by atoms with van der Waals surface area (Å²) >= 11 is 0. The minimum Gasteiger partial charge on any atom is -0.481 e. The number of hydrogen-bond donors (Lipinski definition) is 1. The van der Waals surface area contributed by atoms with Crippen LogP contribution in [0.4, 0.5) is 0 Å². The molecule has 3 heteroatoms. The lowest BCUT2D eigenvalue weighted by atomic mass is 10.2. The number of aromatic nitrogens is 1. The maximum absolute atomic E-state index is 5.04. The molecule has 0 aliphatic heterocycles. The Hall–Kier alpha value is -1.09. The fourth-order valence-electron chi connectivity index (χ4n) is 1.12. The van der Waals surface area contributed by atoms with Gasteiger partial charge in [0.05, 0.1) is 7.11 Å². The van der Waals surface area contributed by atoms with Crippen molar-refractivity contribution in [1.82, 2.24) is 10.3 Å². The van der Waals surface area contributed by atoms with Crippen LogP contribution >= 0.6 is 0 Å². The zero-order chi connectivity index (χ0) is 8.97. The van der Waals surface area contributed by atoms with Crippen LogP contribution < -0.4 is 10.1 Å². The fraction of sp³-hybridized carbons (Fsp3) is 0.444. The van der Waals surface area contributed by atoms with E-state index in [9.17, 15) is 0 Å². The van der Waals surface area contributed by atoms with Crippen molar-refractivity contribution in [3.05, 3.63) is 23.4 Å². The van der Waals surface area contributed by atoms with E-state index in [1.807, 2.05) is 26.1 Å². The third-order valence-corrected chi connectivity index (χ3v) is 1.58. The molecule has 0 spiro atoms. The normalized spacial score (nSPS) is 9.92. The molecule has 0 amide bonds.